The second kappa shape index (κ2) is 7.89. The first-order chi connectivity index (χ1) is 14.0. The molecule has 1 amide bonds. The maximum atomic E-state index is 13.2. The van der Waals surface area contributed by atoms with E-state index in [1.807, 2.05) is 67.6 Å². The number of nitrogens with one attached hydrogen (secondary N) is 2. The minimum atomic E-state index is -0.903. The van der Waals surface area contributed by atoms with Gasteiger partial charge in [0.2, 0.25) is 0 Å². The summed E-state index contributed by atoms with van der Waals surface area (Å²) in [5, 5.41) is 19.8. The predicted octanol–water partition coefficient (Wildman–Crippen LogP) is 2.39. The van der Waals surface area contributed by atoms with Gasteiger partial charge in [-0.25, -0.2) is 4.68 Å². The molecule has 2 aromatic carbocycles. The van der Waals surface area contributed by atoms with Gasteiger partial charge in [0.1, 0.15) is 11.7 Å². The Labute approximate surface area is 168 Å². The number of rotatable bonds is 5. The molecule has 3 N–H and O–H groups in total. The van der Waals surface area contributed by atoms with E-state index in [4.69, 9.17) is 10.2 Å². The van der Waals surface area contributed by atoms with Crippen LogP contribution >= 0.6 is 0 Å². The van der Waals surface area contributed by atoms with E-state index in [2.05, 4.69) is 10.6 Å². The molecule has 0 aliphatic carbocycles. The average molecular weight is 390 g/mol. The summed E-state index contributed by atoms with van der Waals surface area (Å²) < 4.78 is 1.77. The maximum absolute atomic E-state index is 13.2. The van der Waals surface area contributed by atoms with Gasteiger partial charge in [-0.3, -0.25) is 9.59 Å². The Morgan fingerprint density at radius 1 is 1.10 bits per heavy atom. The first-order valence-electron chi connectivity index (χ1n) is 9.52. The largest absolute Gasteiger partial charge is 0.480 e. The molecule has 1 fully saturated rings. The van der Waals surface area contributed by atoms with Gasteiger partial charge in [-0.1, -0.05) is 48.5 Å². The van der Waals surface area contributed by atoms with Crippen LogP contribution in [0, 0.1) is 6.92 Å². The average Bonchev–Trinajstić information content (AvgIpc) is 3.34. The van der Waals surface area contributed by atoms with Gasteiger partial charge in [0.05, 0.1) is 16.9 Å². The van der Waals surface area contributed by atoms with Crippen LogP contribution in [0.2, 0.25) is 0 Å². The molecule has 1 saturated heterocycles. The number of aliphatic carboxylic acids is 1. The van der Waals surface area contributed by atoms with Crippen molar-refractivity contribution < 1.29 is 14.7 Å². The van der Waals surface area contributed by atoms with E-state index in [1.54, 1.807) is 4.68 Å². The number of carbonyl (C=O) groups is 2. The lowest BCUT2D eigenvalue weighted by molar-refractivity contribution is -0.139. The summed E-state index contributed by atoms with van der Waals surface area (Å²) in [6, 6.07) is 18.4. The third kappa shape index (κ3) is 3.77. The quantitative estimate of drug-likeness (QED) is 0.622. The Balaban J connectivity index is 1.70. The highest BCUT2D eigenvalue weighted by Gasteiger charge is 2.32. The normalized spacial score (nSPS) is 18.5. The van der Waals surface area contributed by atoms with Crippen molar-refractivity contribution in [2.75, 3.05) is 6.54 Å². The summed E-state index contributed by atoms with van der Waals surface area (Å²) in [7, 11) is 0. The highest BCUT2D eigenvalue weighted by molar-refractivity contribution is 6.01. The van der Waals surface area contributed by atoms with Crippen LogP contribution in [0.1, 0.15) is 22.5 Å². The molecular weight excluding hydrogens is 368 g/mol. The molecule has 29 heavy (non-hydrogen) atoms. The van der Waals surface area contributed by atoms with Crippen molar-refractivity contribution in [1.29, 1.82) is 0 Å². The molecule has 4 rings (SSSR count). The number of carbonyl (C=O) groups excluding carboxylic acids is 1. The molecule has 1 aromatic heterocycles. The Morgan fingerprint density at radius 2 is 1.76 bits per heavy atom. The summed E-state index contributed by atoms with van der Waals surface area (Å²) >= 11 is 0. The van der Waals surface area contributed by atoms with Gasteiger partial charge in [0.15, 0.2) is 0 Å². The SMILES string of the molecule is Cc1c(C(=O)NC2CNC(C(=O)O)C2)c(-c2ccccc2)nn1-c1ccccc1. The lowest BCUT2D eigenvalue weighted by Crippen LogP contribution is -2.36. The Bertz CT molecular complexity index is 1030. The van der Waals surface area contributed by atoms with Crippen molar-refractivity contribution in [2.24, 2.45) is 0 Å². The summed E-state index contributed by atoms with van der Waals surface area (Å²) in [5.41, 5.74) is 3.55. The molecule has 2 unspecified atom stereocenters. The highest BCUT2D eigenvalue weighted by atomic mass is 16.4. The zero-order valence-electron chi connectivity index (χ0n) is 16.0. The number of amides is 1. The monoisotopic (exact) mass is 390 g/mol. The van der Waals surface area contributed by atoms with E-state index in [-0.39, 0.29) is 11.9 Å². The third-order valence-electron chi connectivity index (χ3n) is 5.16. The van der Waals surface area contributed by atoms with E-state index in [0.29, 0.717) is 24.2 Å². The fourth-order valence-electron chi connectivity index (χ4n) is 3.68. The smallest absolute Gasteiger partial charge is 0.320 e. The molecule has 7 heteroatoms. The lowest BCUT2D eigenvalue weighted by atomic mass is 10.0. The van der Waals surface area contributed by atoms with Crippen molar-refractivity contribution in [1.82, 2.24) is 20.4 Å². The van der Waals surface area contributed by atoms with Gasteiger partial charge >= 0.3 is 5.97 Å². The first kappa shape index (κ1) is 18.9. The lowest BCUT2D eigenvalue weighted by Gasteiger charge is -2.12. The van der Waals surface area contributed by atoms with Crippen LogP contribution in [0.5, 0.6) is 0 Å². The minimum absolute atomic E-state index is 0.244. The molecular formula is C22H22N4O3. The van der Waals surface area contributed by atoms with Crippen LogP contribution in [0.3, 0.4) is 0 Å². The van der Waals surface area contributed by atoms with Gasteiger partial charge in [-0.05, 0) is 25.5 Å². The summed E-state index contributed by atoms with van der Waals surface area (Å²) in [4.78, 5) is 24.4. The number of benzene rings is 2. The highest BCUT2D eigenvalue weighted by Crippen LogP contribution is 2.27. The standard InChI is InChI=1S/C22H22N4O3/c1-14-19(21(27)24-16-12-18(22(28)29)23-13-16)20(15-8-4-2-5-9-15)25-26(14)17-10-6-3-7-11-17/h2-11,16,18,23H,12-13H2,1H3,(H,24,27)(H,28,29). The molecule has 0 saturated carbocycles. The zero-order chi connectivity index (χ0) is 20.4. The zero-order valence-corrected chi connectivity index (χ0v) is 16.0. The van der Waals surface area contributed by atoms with Crippen LogP contribution in [0.15, 0.2) is 60.7 Å². The van der Waals surface area contributed by atoms with Crippen LogP contribution in [0.4, 0.5) is 0 Å². The number of para-hydroxylation sites is 1. The van der Waals surface area contributed by atoms with Crippen molar-refractivity contribution in [3.8, 4) is 16.9 Å². The second-order valence-corrected chi connectivity index (χ2v) is 7.13. The molecule has 0 radical (unpaired) electrons. The van der Waals surface area contributed by atoms with E-state index in [9.17, 15) is 9.59 Å². The summed E-state index contributed by atoms with van der Waals surface area (Å²) in [6.45, 7) is 2.30. The van der Waals surface area contributed by atoms with Gasteiger partial charge in [0.25, 0.3) is 5.91 Å². The molecule has 2 heterocycles. The van der Waals surface area contributed by atoms with Crippen molar-refractivity contribution >= 4 is 11.9 Å². The van der Waals surface area contributed by atoms with Crippen LogP contribution in [-0.2, 0) is 4.79 Å². The Morgan fingerprint density at radius 3 is 2.38 bits per heavy atom. The van der Waals surface area contributed by atoms with Gasteiger partial charge in [-0.15, -0.1) is 0 Å². The van der Waals surface area contributed by atoms with E-state index < -0.39 is 12.0 Å². The number of carboxylic acids is 1. The van der Waals surface area contributed by atoms with Crippen LogP contribution in [-0.4, -0.2) is 45.4 Å². The molecule has 148 valence electrons. The van der Waals surface area contributed by atoms with Gasteiger partial charge in [-0.2, -0.15) is 5.10 Å². The fraction of sp³-hybridized carbons (Fsp3) is 0.227. The first-order valence-corrected chi connectivity index (χ1v) is 9.52. The van der Waals surface area contributed by atoms with E-state index in [1.165, 1.54) is 0 Å². The molecule has 7 nitrogen and oxygen atoms in total. The van der Waals surface area contributed by atoms with E-state index in [0.717, 1.165) is 16.9 Å². The van der Waals surface area contributed by atoms with Crippen LogP contribution in [0.25, 0.3) is 16.9 Å². The van der Waals surface area contributed by atoms with Crippen molar-refractivity contribution in [3.63, 3.8) is 0 Å². The van der Waals surface area contributed by atoms with Crippen LogP contribution < -0.4 is 10.6 Å². The number of hydrogen-bond donors (Lipinski definition) is 3. The van der Waals surface area contributed by atoms with Crippen molar-refractivity contribution in [3.05, 3.63) is 71.9 Å². The minimum Gasteiger partial charge on any atom is -0.480 e. The molecule has 3 aromatic rings. The number of aromatic nitrogens is 2. The van der Waals surface area contributed by atoms with Crippen molar-refractivity contribution in [2.45, 2.75) is 25.4 Å². The summed E-state index contributed by atoms with van der Waals surface area (Å²) in [5.74, 6) is -1.15. The molecule has 0 spiro atoms. The topological polar surface area (TPSA) is 96.2 Å². The fourth-order valence-corrected chi connectivity index (χ4v) is 3.68. The number of carboxylic acid groups (broad SMARTS) is 1. The Kier molecular flexibility index (Phi) is 5.14. The molecule has 1 aliphatic rings. The number of hydrogen-bond acceptors (Lipinski definition) is 4. The number of nitrogens with zero attached hydrogens (tertiary/aromatic N) is 2. The van der Waals surface area contributed by atoms with E-state index >= 15 is 0 Å². The maximum Gasteiger partial charge on any atom is 0.320 e. The van der Waals surface area contributed by atoms with Gasteiger partial charge < -0.3 is 15.7 Å². The van der Waals surface area contributed by atoms with Gasteiger partial charge in [0, 0.05) is 18.2 Å². The molecule has 0 bridgehead atoms. The Hall–Kier alpha value is -3.45. The third-order valence-corrected chi connectivity index (χ3v) is 5.16. The molecule has 2 atom stereocenters. The second-order valence-electron chi connectivity index (χ2n) is 7.13. The predicted molar refractivity (Wildman–Crippen MR) is 109 cm³/mol. The molecule has 1 aliphatic heterocycles. The summed E-state index contributed by atoms with van der Waals surface area (Å²) in [6.07, 6.45) is 0.355.